The molecule has 0 heterocycles. The predicted molar refractivity (Wildman–Crippen MR) is 85.0 cm³/mol. The second-order valence-corrected chi connectivity index (χ2v) is 5.54. The Morgan fingerprint density at radius 2 is 1.95 bits per heavy atom. The summed E-state index contributed by atoms with van der Waals surface area (Å²) in [6, 6.07) is 6.08. The molecule has 2 amide bonds. The van der Waals surface area contributed by atoms with Crippen LogP contribution in [0, 0.1) is 0 Å². The molecule has 1 unspecified atom stereocenters. The molecule has 2 N–H and O–H groups in total. The summed E-state index contributed by atoms with van der Waals surface area (Å²) in [6.07, 6.45) is 1.86. The molecule has 0 fully saturated rings. The Bertz CT molecular complexity index is 562. The minimum Gasteiger partial charge on any atom is -0.480 e. The van der Waals surface area contributed by atoms with Crippen molar-refractivity contribution in [3.8, 4) is 0 Å². The minimum atomic E-state index is -1.09. The number of hydrogen-bond acceptors (Lipinski definition) is 4. The van der Waals surface area contributed by atoms with Crippen molar-refractivity contribution in [2.45, 2.75) is 24.8 Å². The lowest BCUT2D eigenvalue weighted by Crippen LogP contribution is -2.46. The third-order valence-corrected chi connectivity index (χ3v) is 3.95. The van der Waals surface area contributed by atoms with E-state index in [-0.39, 0.29) is 24.9 Å². The Morgan fingerprint density at radius 1 is 1.32 bits per heavy atom. The number of benzene rings is 1. The Labute approximate surface area is 133 Å². The number of carbonyl (C=O) groups is 3. The SMILES string of the molecule is CSc1ccccc1C(=O)N(CCNC(C)=O)C(C)C(=O)O. The fourth-order valence-electron chi connectivity index (χ4n) is 1.93. The first-order valence-electron chi connectivity index (χ1n) is 6.79. The maximum Gasteiger partial charge on any atom is 0.326 e. The van der Waals surface area contributed by atoms with Crippen LogP contribution in [0.3, 0.4) is 0 Å². The van der Waals surface area contributed by atoms with Crippen LogP contribution in [0.4, 0.5) is 0 Å². The van der Waals surface area contributed by atoms with E-state index in [4.69, 9.17) is 0 Å². The van der Waals surface area contributed by atoms with Crippen molar-refractivity contribution in [3.05, 3.63) is 29.8 Å². The molecule has 1 atom stereocenters. The van der Waals surface area contributed by atoms with Crippen LogP contribution in [0.2, 0.25) is 0 Å². The van der Waals surface area contributed by atoms with Crippen LogP contribution in [-0.4, -0.2) is 53.2 Å². The van der Waals surface area contributed by atoms with E-state index in [9.17, 15) is 19.5 Å². The standard InChI is InChI=1S/C15H20N2O4S/c1-10(15(20)21)17(9-8-16-11(2)18)14(19)12-6-4-5-7-13(12)22-3/h4-7,10H,8-9H2,1-3H3,(H,16,18)(H,20,21). The van der Waals surface area contributed by atoms with Gasteiger partial charge >= 0.3 is 5.97 Å². The van der Waals surface area contributed by atoms with Gasteiger partial charge < -0.3 is 15.3 Å². The first-order valence-corrected chi connectivity index (χ1v) is 8.02. The topological polar surface area (TPSA) is 86.7 Å². The highest BCUT2D eigenvalue weighted by Crippen LogP contribution is 2.22. The van der Waals surface area contributed by atoms with E-state index < -0.39 is 12.0 Å². The number of carboxylic acids is 1. The van der Waals surface area contributed by atoms with Gasteiger partial charge in [0.1, 0.15) is 6.04 Å². The smallest absolute Gasteiger partial charge is 0.326 e. The van der Waals surface area contributed by atoms with E-state index >= 15 is 0 Å². The van der Waals surface area contributed by atoms with Gasteiger partial charge in [-0.2, -0.15) is 0 Å². The summed E-state index contributed by atoms with van der Waals surface area (Å²) < 4.78 is 0. The highest BCUT2D eigenvalue weighted by molar-refractivity contribution is 7.98. The fourth-order valence-corrected chi connectivity index (χ4v) is 2.52. The van der Waals surface area contributed by atoms with E-state index in [1.165, 1.54) is 30.5 Å². The summed E-state index contributed by atoms with van der Waals surface area (Å²) in [6.45, 7) is 3.17. The highest BCUT2D eigenvalue weighted by Gasteiger charge is 2.27. The highest BCUT2D eigenvalue weighted by atomic mass is 32.2. The molecular formula is C15H20N2O4S. The summed E-state index contributed by atoms with van der Waals surface area (Å²) in [5, 5.41) is 11.8. The average Bonchev–Trinajstić information content (AvgIpc) is 2.49. The number of aliphatic carboxylic acids is 1. The van der Waals surface area contributed by atoms with Crippen LogP contribution >= 0.6 is 11.8 Å². The molecule has 7 heteroatoms. The zero-order valence-electron chi connectivity index (χ0n) is 12.8. The van der Waals surface area contributed by atoms with Crippen molar-refractivity contribution < 1.29 is 19.5 Å². The molecule has 1 aromatic rings. The summed E-state index contributed by atoms with van der Waals surface area (Å²) in [7, 11) is 0. The fraction of sp³-hybridized carbons (Fsp3) is 0.400. The van der Waals surface area contributed by atoms with Gasteiger partial charge in [0.25, 0.3) is 5.91 Å². The summed E-state index contributed by atoms with van der Waals surface area (Å²) in [5.41, 5.74) is 0.464. The van der Waals surface area contributed by atoms with Gasteiger partial charge in [0.15, 0.2) is 0 Å². The monoisotopic (exact) mass is 324 g/mol. The summed E-state index contributed by atoms with van der Waals surface area (Å²) >= 11 is 1.43. The third-order valence-electron chi connectivity index (χ3n) is 3.15. The number of hydrogen-bond donors (Lipinski definition) is 2. The molecule has 6 nitrogen and oxygen atoms in total. The van der Waals surface area contributed by atoms with Crippen LogP contribution in [0.25, 0.3) is 0 Å². The molecule has 0 bridgehead atoms. The number of nitrogens with one attached hydrogen (secondary N) is 1. The first-order chi connectivity index (χ1) is 10.4. The van der Waals surface area contributed by atoms with Gasteiger partial charge in [0, 0.05) is 24.9 Å². The van der Waals surface area contributed by atoms with Crippen LogP contribution in [0.5, 0.6) is 0 Å². The molecule has 0 saturated carbocycles. The average molecular weight is 324 g/mol. The molecule has 1 aromatic carbocycles. The predicted octanol–water partition coefficient (Wildman–Crippen LogP) is 1.46. The van der Waals surface area contributed by atoms with Crippen molar-refractivity contribution in [2.75, 3.05) is 19.3 Å². The van der Waals surface area contributed by atoms with Crippen LogP contribution in [0.1, 0.15) is 24.2 Å². The molecule has 120 valence electrons. The number of rotatable bonds is 7. The van der Waals surface area contributed by atoms with Crippen LogP contribution in [-0.2, 0) is 9.59 Å². The van der Waals surface area contributed by atoms with Gasteiger partial charge in [-0.15, -0.1) is 11.8 Å². The lowest BCUT2D eigenvalue weighted by atomic mass is 10.1. The maximum atomic E-state index is 12.7. The minimum absolute atomic E-state index is 0.134. The number of carboxylic acid groups (broad SMARTS) is 1. The molecule has 0 aliphatic rings. The van der Waals surface area contributed by atoms with E-state index in [0.29, 0.717) is 5.56 Å². The van der Waals surface area contributed by atoms with E-state index in [1.54, 1.807) is 12.1 Å². The lowest BCUT2D eigenvalue weighted by molar-refractivity contribution is -0.141. The molecule has 0 aliphatic heterocycles. The van der Waals surface area contributed by atoms with Crippen molar-refractivity contribution in [3.63, 3.8) is 0 Å². The van der Waals surface area contributed by atoms with Crippen molar-refractivity contribution in [1.82, 2.24) is 10.2 Å². The Kier molecular flexibility index (Phi) is 6.91. The van der Waals surface area contributed by atoms with E-state index in [0.717, 1.165) is 4.90 Å². The molecule has 0 aliphatic carbocycles. The zero-order valence-corrected chi connectivity index (χ0v) is 13.6. The molecule has 0 spiro atoms. The molecule has 1 rings (SSSR count). The second kappa shape index (κ2) is 8.43. The number of thioether (sulfide) groups is 1. The quantitative estimate of drug-likeness (QED) is 0.742. The van der Waals surface area contributed by atoms with E-state index in [1.807, 2.05) is 18.4 Å². The van der Waals surface area contributed by atoms with Gasteiger partial charge in [-0.25, -0.2) is 4.79 Å². The normalized spacial score (nSPS) is 11.6. The third kappa shape index (κ3) is 4.77. The Balaban J connectivity index is 3.00. The van der Waals surface area contributed by atoms with Gasteiger partial charge in [-0.05, 0) is 25.3 Å². The second-order valence-electron chi connectivity index (χ2n) is 4.70. The van der Waals surface area contributed by atoms with Crippen molar-refractivity contribution >= 4 is 29.5 Å². The number of amides is 2. The first kappa shape index (κ1) is 18.0. The van der Waals surface area contributed by atoms with E-state index in [2.05, 4.69) is 5.32 Å². The zero-order chi connectivity index (χ0) is 16.7. The summed E-state index contributed by atoms with van der Waals surface area (Å²) in [4.78, 5) is 36.9. The molecule has 0 aromatic heterocycles. The van der Waals surface area contributed by atoms with Gasteiger partial charge in [-0.3, -0.25) is 9.59 Å². The van der Waals surface area contributed by atoms with Crippen molar-refractivity contribution in [1.29, 1.82) is 0 Å². The van der Waals surface area contributed by atoms with Crippen molar-refractivity contribution in [2.24, 2.45) is 0 Å². The Morgan fingerprint density at radius 3 is 2.50 bits per heavy atom. The van der Waals surface area contributed by atoms with Gasteiger partial charge in [-0.1, -0.05) is 12.1 Å². The largest absolute Gasteiger partial charge is 0.480 e. The lowest BCUT2D eigenvalue weighted by Gasteiger charge is -2.27. The number of carbonyl (C=O) groups excluding carboxylic acids is 2. The molecule has 0 radical (unpaired) electrons. The van der Waals surface area contributed by atoms with Crippen LogP contribution < -0.4 is 5.32 Å². The van der Waals surface area contributed by atoms with Gasteiger partial charge in [0.05, 0.1) is 5.56 Å². The maximum absolute atomic E-state index is 12.7. The summed E-state index contributed by atoms with van der Waals surface area (Å²) in [5.74, 6) is -1.66. The number of nitrogens with zero attached hydrogens (tertiary/aromatic N) is 1. The molecule has 22 heavy (non-hydrogen) atoms. The van der Waals surface area contributed by atoms with Gasteiger partial charge in [0.2, 0.25) is 5.91 Å². The molecular weight excluding hydrogens is 304 g/mol. The Hall–Kier alpha value is -2.02. The molecule has 0 saturated heterocycles. The van der Waals surface area contributed by atoms with Crippen LogP contribution in [0.15, 0.2) is 29.2 Å².